The Morgan fingerprint density at radius 3 is 2.75 bits per heavy atom. The fourth-order valence-corrected chi connectivity index (χ4v) is 2.53. The first kappa shape index (κ1) is 12.9. The summed E-state index contributed by atoms with van der Waals surface area (Å²) in [5.41, 5.74) is 1.04. The molecule has 0 N–H and O–H groups in total. The van der Waals surface area contributed by atoms with Crippen LogP contribution in [0.2, 0.25) is 0 Å². The maximum absolute atomic E-state index is 12.4. The van der Waals surface area contributed by atoms with Crippen LogP contribution in [0.4, 0.5) is 0 Å². The van der Waals surface area contributed by atoms with Gasteiger partial charge in [0, 0.05) is 0 Å². The molecule has 0 aliphatic heterocycles. The average Bonchev–Trinajstić information content (AvgIpc) is 2.47. The molecule has 0 radical (unpaired) electrons. The van der Waals surface area contributed by atoms with E-state index in [0.717, 1.165) is 0 Å². The lowest BCUT2D eigenvalue weighted by Gasteiger charge is -2.04. The van der Waals surface area contributed by atoms with Gasteiger partial charge in [0.15, 0.2) is 5.58 Å². The second-order valence-corrected chi connectivity index (χ2v) is 5.10. The third kappa shape index (κ3) is 1.91. The molecule has 3 rings (SSSR count). The van der Waals surface area contributed by atoms with Crippen molar-refractivity contribution in [3.63, 3.8) is 0 Å². The molecule has 4 nitrogen and oxygen atoms in total. The molecule has 2 aromatic carbocycles. The van der Waals surface area contributed by atoms with Crippen LogP contribution in [0.1, 0.15) is 10.4 Å². The lowest BCUT2D eigenvalue weighted by molar-refractivity contribution is 0.0601. The summed E-state index contributed by atoms with van der Waals surface area (Å²) in [6, 6.07) is 9.92. The number of hydrogen-bond acceptors (Lipinski definition) is 4. The van der Waals surface area contributed by atoms with E-state index >= 15 is 0 Å². The fraction of sp³-hybridized carbons (Fsp3) is 0.0667. The SMILES string of the molecule is COC(=O)c1ccc2c(=O)c3cccc(Br)c3oc2c1. The topological polar surface area (TPSA) is 56.5 Å². The van der Waals surface area contributed by atoms with Crippen molar-refractivity contribution < 1.29 is 13.9 Å². The first-order valence-electron chi connectivity index (χ1n) is 5.85. The zero-order valence-corrected chi connectivity index (χ0v) is 12.1. The van der Waals surface area contributed by atoms with E-state index in [0.29, 0.717) is 32.0 Å². The van der Waals surface area contributed by atoms with Gasteiger partial charge in [-0.05, 0) is 46.3 Å². The van der Waals surface area contributed by atoms with Gasteiger partial charge in [-0.1, -0.05) is 6.07 Å². The normalized spacial score (nSPS) is 10.9. The largest absolute Gasteiger partial charge is 0.465 e. The monoisotopic (exact) mass is 332 g/mol. The quantitative estimate of drug-likeness (QED) is 0.505. The van der Waals surface area contributed by atoms with Gasteiger partial charge in [-0.15, -0.1) is 0 Å². The third-order valence-corrected chi connectivity index (χ3v) is 3.70. The maximum atomic E-state index is 12.4. The number of ether oxygens (including phenoxy) is 1. The summed E-state index contributed by atoms with van der Waals surface area (Å²) in [7, 11) is 1.31. The Kier molecular flexibility index (Phi) is 3.06. The molecule has 0 bridgehead atoms. The molecular weight excluding hydrogens is 324 g/mol. The van der Waals surface area contributed by atoms with Gasteiger partial charge in [0.1, 0.15) is 5.58 Å². The van der Waals surface area contributed by atoms with Crippen LogP contribution < -0.4 is 5.43 Å². The van der Waals surface area contributed by atoms with Gasteiger partial charge < -0.3 is 9.15 Å². The summed E-state index contributed by atoms with van der Waals surface area (Å²) in [6.45, 7) is 0. The van der Waals surface area contributed by atoms with Crippen molar-refractivity contribution >= 4 is 43.8 Å². The Bertz CT molecular complexity index is 895. The molecule has 0 spiro atoms. The smallest absolute Gasteiger partial charge is 0.337 e. The molecule has 0 amide bonds. The molecule has 0 aliphatic carbocycles. The Hall–Kier alpha value is -2.14. The van der Waals surface area contributed by atoms with E-state index in [1.54, 1.807) is 30.3 Å². The molecule has 0 unspecified atom stereocenters. The number of para-hydroxylation sites is 1. The van der Waals surface area contributed by atoms with Gasteiger partial charge in [0.25, 0.3) is 0 Å². The number of benzene rings is 2. The number of rotatable bonds is 1. The Morgan fingerprint density at radius 1 is 1.20 bits per heavy atom. The summed E-state index contributed by atoms with van der Waals surface area (Å²) in [6.07, 6.45) is 0. The molecule has 0 aliphatic rings. The number of halogens is 1. The molecular formula is C15H9BrO4. The van der Waals surface area contributed by atoms with Crippen molar-refractivity contribution in [1.29, 1.82) is 0 Å². The minimum atomic E-state index is -0.471. The summed E-state index contributed by atoms with van der Waals surface area (Å²) in [5, 5.41) is 0.931. The molecule has 1 aromatic heterocycles. The van der Waals surface area contributed by atoms with Crippen LogP contribution in [0.3, 0.4) is 0 Å². The van der Waals surface area contributed by atoms with Gasteiger partial charge in [0.05, 0.1) is 27.9 Å². The third-order valence-electron chi connectivity index (χ3n) is 3.07. The highest BCUT2D eigenvalue weighted by Gasteiger charge is 2.12. The van der Waals surface area contributed by atoms with Crippen LogP contribution in [0.25, 0.3) is 21.9 Å². The van der Waals surface area contributed by atoms with Gasteiger partial charge in [-0.25, -0.2) is 4.79 Å². The number of esters is 1. The fourth-order valence-electron chi connectivity index (χ4n) is 2.09. The van der Waals surface area contributed by atoms with Crippen molar-refractivity contribution in [2.75, 3.05) is 7.11 Å². The lowest BCUT2D eigenvalue weighted by atomic mass is 10.1. The minimum Gasteiger partial charge on any atom is -0.465 e. The Labute approximate surface area is 122 Å². The Balaban J connectivity index is 2.42. The van der Waals surface area contributed by atoms with E-state index in [9.17, 15) is 9.59 Å². The highest BCUT2D eigenvalue weighted by atomic mass is 79.9. The Morgan fingerprint density at radius 2 is 2.00 bits per heavy atom. The van der Waals surface area contributed by atoms with E-state index in [1.165, 1.54) is 13.2 Å². The summed E-state index contributed by atoms with van der Waals surface area (Å²) in [5.74, 6) is -0.471. The summed E-state index contributed by atoms with van der Waals surface area (Å²) in [4.78, 5) is 23.9. The average molecular weight is 333 g/mol. The number of fused-ring (bicyclic) bond motifs is 2. The van der Waals surface area contributed by atoms with Crippen LogP contribution >= 0.6 is 15.9 Å². The molecule has 20 heavy (non-hydrogen) atoms. The second kappa shape index (κ2) is 4.76. The second-order valence-electron chi connectivity index (χ2n) is 4.25. The molecule has 1 heterocycles. The van der Waals surface area contributed by atoms with Crippen LogP contribution in [-0.2, 0) is 4.74 Å². The highest BCUT2D eigenvalue weighted by molar-refractivity contribution is 9.10. The maximum Gasteiger partial charge on any atom is 0.337 e. The molecule has 0 saturated carbocycles. The van der Waals surface area contributed by atoms with Gasteiger partial charge >= 0.3 is 5.97 Å². The van der Waals surface area contributed by atoms with Gasteiger partial charge in [-0.3, -0.25) is 4.79 Å². The van der Waals surface area contributed by atoms with E-state index in [1.807, 2.05) is 0 Å². The van der Waals surface area contributed by atoms with Crippen LogP contribution in [0.15, 0.2) is 50.1 Å². The first-order valence-corrected chi connectivity index (χ1v) is 6.64. The van der Waals surface area contributed by atoms with Crippen LogP contribution in [0.5, 0.6) is 0 Å². The van der Waals surface area contributed by atoms with E-state index in [4.69, 9.17) is 4.42 Å². The van der Waals surface area contributed by atoms with Crippen molar-refractivity contribution in [3.8, 4) is 0 Å². The predicted octanol–water partition coefficient (Wildman–Crippen LogP) is 3.50. The highest BCUT2D eigenvalue weighted by Crippen LogP contribution is 2.25. The van der Waals surface area contributed by atoms with Crippen molar-refractivity contribution in [1.82, 2.24) is 0 Å². The predicted molar refractivity (Wildman–Crippen MR) is 79.0 cm³/mol. The number of carbonyl (C=O) groups excluding carboxylic acids is 1. The summed E-state index contributed by atoms with van der Waals surface area (Å²) >= 11 is 3.35. The zero-order chi connectivity index (χ0) is 14.3. The molecule has 5 heteroatoms. The van der Waals surface area contributed by atoms with Crippen molar-refractivity contribution in [2.45, 2.75) is 0 Å². The minimum absolute atomic E-state index is 0.126. The first-order chi connectivity index (χ1) is 9.61. The number of carbonyl (C=O) groups is 1. The van der Waals surface area contributed by atoms with E-state index < -0.39 is 5.97 Å². The number of hydrogen-bond donors (Lipinski definition) is 0. The standard InChI is InChI=1S/C15H9BrO4/c1-19-15(18)8-5-6-9-12(7-8)20-14-10(13(9)17)3-2-4-11(14)16/h2-7H,1H3. The molecule has 0 atom stereocenters. The van der Waals surface area contributed by atoms with Gasteiger partial charge in [-0.2, -0.15) is 0 Å². The lowest BCUT2D eigenvalue weighted by Crippen LogP contribution is -2.05. The van der Waals surface area contributed by atoms with E-state index in [-0.39, 0.29) is 5.43 Å². The molecule has 3 aromatic rings. The zero-order valence-electron chi connectivity index (χ0n) is 10.5. The number of methoxy groups -OCH3 is 1. The van der Waals surface area contributed by atoms with Gasteiger partial charge in [0.2, 0.25) is 5.43 Å². The molecule has 0 fully saturated rings. The van der Waals surface area contributed by atoms with E-state index in [2.05, 4.69) is 20.7 Å². The van der Waals surface area contributed by atoms with Crippen LogP contribution in [-0.4, -0.2) is 13.1 Å². The summed E-state index contributed by atoms with van der Waals surface area (Å²) < 4.78 is 11.1. The molecule has 100 valence electrons. The molecule has 0 saturated heterocycles. The van der Waals surface area contributed by atoms with Crippen LogP contribution in [0, 0.1) is 0 Å². The van der Waals surface area contributed by atoms with Crippen molar-refractivity contribution in [3.05, 3.63) is 56.7 Å². The van der Waals surface area contributed by atoms with Crippen molar-refractivity contribution in [2.24, 2.45) is 0 Å².